The molecule has 3 rings (SSSR count). The van der Waals surface area contributed by atoms with Crippen LogP contribution in [0, 0.1) is 0 Å². The molecule has 0 bridgehead atoms. The van der Waals surface area contributed by atoms with Gasteiger partial charge in [-0.2, -0.15) is 5.10 Å². The molecule has 0 fully saturated rings. The summed E-state index contributed by atoms with van der Waals surface area (Å²) in [5.41, 5.74) is 4.85. The number of hydrogen-bond donors (Lipinski definition) is 1. The Balaban J connectivity index is 1.66. The first kappa shape index (κ1) is 15.2. The van der Waals surface area contributed by atoms with Gasteiger partial charge in [0.2, 0.25) is 5.88 Å². The number of aromatic nitrogens is 1. The summed E-state index contributed by atoms with van der Waals surface area (Å²) < 4.78 is 6.64. The molecule has 3 aromatic rings. The highest BCUT2D eigenvalue weighted by Gasteiger charge is 1.99. The summed E-state index contributed by atoms with van der Waals surface area (Å²) in [7, 11) is 0. The number of pyridine rings is 1. The molecular formula is C18H14BrN3O. The Labute approximate surface area is 143 Å². The van der Waals surface area contributed by atoms with Crippen molar-refractivity contribution >= 4 is 27.8 Å². The third-order valence-corrected chi connectivity index (χ3v) is 3.43. The largest absolute Gasteiger partial charge is 0.439 e. The lowest BCUT2D eigenvalue weighted by Crippen LogP contribution is -1.91. The van der Waals surface area contributed by atoms with Gasteiger partial charge in [0.15, 0.2) is 0 Å². The molecule has 2 aromatic carbocycles. The minimum Gasteiger partial charge on any atom is -0.439 e. The van der Waals surface area contributed by atoms with E-state index in [1.807, 2.05) is 66.7 Å². The summed E-state index contributed by atoms with van der Waals surface area (Å²) in [6.07, 6.45) is 3.44. The van der Waals surface area contributed by atoms with Gasteiger partial charge >= 0.3 is 0 Å². The van der Waals surface area contributed by atoms with Crippen molar-refractivity contribution in [3.8, 4) is 11.6 Å². The van der Waals surface area contributed by atoms with Crippen LogP contribution < -0.4 is 10.2 Å². The van der Waals surface area contributed by atoms with E-state index in [4.69, 9.17) is 4.74 Å². The van der Waals surface area contributed by atoms with Crippen LogP contribution in [0.3, 0.4) is 0 Å². The normalized spacial score (nSPS) is 10.7. The standard InChI is InChI=1S/C18H14BrN3O/c19-15-9-10-18(20-13-15)23-17-8-4-5-14(11-17)12-21-22-16-6-2-1-3-7-16/h1-13,22H. The fourth-order valence-corrected chi connectivity index (χ4v) is 2.13. The van der Waals surface area contributed by atoms with Gasteiger partial charge in [0.1, 0.15) is 5.75 Å². The first-order valence-electron chi connectivity index (χ1n) is 7.03. The molecule has 0 atom stereocenters. The van der Waals surface area contributed by atoms with E-state index in [0.717, 1.165) is 15.7 Å². The molecular weight excluding hydrogens is 354 g/mol. The molecule has 0 saturated heterocycles. The van der Waals surface area contributed by atoms with E-state index in [1.165, 1.54) is 0 Å². The summed E-state index contributed by atoms with van der Waals surface area (Å²) in [6, 6.07) is 21.1. The van der Waals surface area contributed by atoms with Gasteiger partial charge in [-0.05, 0) is 51.8 Å². The van der Waals surface area contributed by atoms with Crippen LogP contribution in [0.5, 0.6) is 11.6 Å². The number of nitrogens with one attached hydrogen (secondary N) is 1. The van der Waals surface area contributed by atoms with Crippen LogP contribution in [0.4, 0.5) is 5.69 Å². The summed E-state index contributed by atoms with van der Waals surface area (Å²) in [4.78, 5) is 4.19. The van der Waals surface area contributed by atoms with Crippen molar-refractivity contribution in [3.63, 3.8) is 0 Å². The average molecular weight is 368 g/mol. The van der Waals surface area contributed by atoms with Gasteiger partial charge in [-0.25, -0.2) is 4.98 Å². The lowest BCUT2D eigenvalue weighted by molar-refractivity contribution is 0.462. The summed E-state index contributed by atoms with van der Waals surface area (Å²) in [5, 5.41) is 4.22. The van der Waals surface area contributed by atoms with E-state index < -0.39 is 0 Å². The molecule has 23 heavy (non-hydrogen) atoms. The Morgan fingerprint density at radius 3 is 2.65 bits per heavy atom. The smallest absolute Gasteiger partial charge is 0.219 e. The van der Waals surface area contributed by atoms with Crippen molar-refractivity contribution < 1.29 is 4.74 Å². The molecule has 0 radical (unpaired) electrons. The van der Waals surface area contributed by atoms with Crippen molar-refractivity contribution in [3.05, 3.63) is 83.0 Å². The molecule has 0 aliphatic rings. The van der Waals surface area contributed by atoms with Gasteiger partial charge in [0.05, 0.1) is 11.9 Å². The van der Waals surface area contributed by atoms with Gasteiger partial charge < -0.3 is 4.74 Å². The van der Waals surface area contributed by atoms with E-state index in [2.05, 4.69) is 31.4 Å². The van der Waals surface area contributed by atoms with Crippen molar-refractivity contribution in [2.75, 3.05) is 5.43 Å². The Hall–Kier alpha value is -2.66. The minimum absolute atomic E-state index is 0.546. The van der Waals surface area contributed by atoms with E-state index in [-0.39, 0.29) is 0 Å². The van der Waals surface area contributed by atoms with Crippen LogP contribution in [0.15, 0.2) is 82.5 Å². The van der Waals surface area contributed by atoms with Crippen molar-refractivity contribution in [1.29, 1.82) is 0 Å². The lowest BCUT2D eigenvalue weighted by Gasteiger charge is -2.05. The highest BCUT2D eigenvalue weighted by molar-refractivity contribution is 9.10. The average Bonchev–Trinajstić information content (AvgIpc) is 2.58. The van der Waals surface area contributed by atoms with Crippen LogP contribution in [-0.2, 0) is 0 Å². The van der Waals surface area contributed by atoms with Gasteiger partial charge in [-0.1, -0.05) is 30.3 Å². The number of halogens is 1. The summed E-state index contributed by atoms with van der Waals surface area (Å²) in [6.45, 7) is 0. The topological polar surface area (TPSA) is 46.5 Å². The molecule has 4 nitrogen and oxygen atoms in total. The molecule has 0 aliphatic heterocycles. The zero-order chi connectivity index (χ0) is 15.9. The number of rotatable bonds is 5. The Morgan fingerprint density at radius 1 is 1.00 bits per heavy atom. The summed E-state index contributed by atoms with van der Waals surface area (Å²) in [5.74, 6) is 1.26. The zero-order valence-corrected chi connectivity index (χ0v) is 13.8. The third-order valence-electron chi connectivity index (χ3n) is 2.96. The first-order chi connectivity index (χ1) is 11.3. The minimum atomic E-state index is 0.546. The second-order valence-electron chi connectivity index (χ2n) is 4.73. The molecule has 114 valence electrons. The molecule has 5 heteroatoms. The number of nitrogens with zero attached hydrogens (tertiary/aromatic N) is 2. The fourth-order valence-electron chi connectivity index (χ4n) is 1.90. The fraction of sp³-hybridized carbons (Fsp3) is 0. The van der Waals surface area contributed by atoms with E-state index in [0.29, 0.717) is 11.6 Å². The molecule has 1 heterocycles. The lowest BCUT2D eigenvalue weighted by atomic mass is 10.2. The highest BCUT2D eigenvalue weighted by Crippen LogP contribution is 2.21. The Kier molecular flexibility index (Phi) is 5.01. The number of ether oxygens (including phenoxy) is 1. The molecule has 0 spiro atoms. The van der Waals surface area contributed by atoms with E-state index in [1.54, 1.807) is 12.4 Å². The first-order valence-corrected chi connectivity index (χ1v) is 7.82. The van der Waals surface area contributed by atoms with E-state index in [9.17, 15) is 0 Å². The molecule has 0 amide bonds. The SMILES string of the molecule is Brc1ccc(Oc2cccc(C=NNc3ccccc3)c2)nc1. The highest BCUT2D eigenvalue weighted by atomic mass is 79.9. The van der Waals surface area contributed by atoms with Crippen molar-refractivity contribution in [2.24, 2.45) is 5.10 Å². The van der Waals surface area contributed by atoms with Gasteiger partial charge in [-0.15, -0.1) is 0 Å². The van der Waals surface area contributed by atoms with Crippen molar-refractivity contribution in [2.45, 2.75) is 0 Å². The van der Waals surface area contributed by atoms with Crippen molar-refractivity contribution in [1.82, 2.24) is 4.98 Å². The zero-order valence-electron chi connectivity index (χ0n) is 12.2. The number of hydrazone groups is 1. The number of anilines is 1. The van der Waals surface area contributed by atoms with Crippen LogP contribution in [-0.4, -0.2) is 11.2 Å². The molecule has 1 aromatic heterocycles. The third kappa shape index (κ3) is 4.66. The predicted molar refractivity (Wildman–Crippen MR) is 96.1 cm³/mol. The van der Waals surface area contributed by atoms with Crippen LogP contribution in [0.25, 0.3) is 0 Å². The van der Waals surface area contributed by atoms with Crippen LogP contribution in [0.1, 0.15) is 5.56 Å². The molecule has 0 aliphatic carbocycles. The van der Waals surface area contributed by atoms with Gasteiger partial charge in [-0.3, -0.25) is 5.43 Å². The Bertz CT molecular complexity index is 789. The monoisotopic (exact) mass is 367 g/mol. The summed E-state index contributed by atoms with van der Waals surface area (Å²) >= 11 is 3.35. The number of para-hydroxylation sites is 1. The predicted octanol–water partition coefficient (Wildman–Crippen LogP) is 5.08. The maximum atomic E-state index is 5.72. The molecule has 0 saturated carbocycles. The van der Waals surface area contributed by atoms with Crippen LogP contribution >= 0.6 is 15.9 Å². The van der Waals surface area contributed by atoms with Crippen LogP contribution in [0.2, 0.25) is 0 Å². The number of benzene rings is 2. The second-order valence-corrected chi connectivity index (χ2v) is 5.64. The number of hydrogen-bond acceptors (Lipinski definition) is 4. The maximum absolute atomic E-state index is 5.72. The van der Waals surface area contributed by atoms with Gasteiger partial charge in [0.25, 0.3) is 0 Å². The maximum Gasteiger partial charge on any atom is 0.219 e. The quantitative estimate of drug-likeness (QED) is 0.505. The molecule has 0 unspecified atom stereocenters. The Morgan fingerprint density at radius 2 is 1.87 bits per heavy atom. The van der Waals surface area contributed by atoms with Gasteiger partial charge in [0, 0.05) is 16.7 Å². The molecule has 1 N–H and O–H groups in total. The second kappa shape index (κ2) is 7.56. The van der Waals surface area contributed by atoms with E-state index >= 15 is 0 Å².